The molecule has 2 aromatic rings. The Balaban J connectivity index is 0.00000261. The first kappa shape index (κ1) is 21.5. The first-order valence-electron chi connectivity index (χ1n) is 9.40. The van der Waals surface area contributed by atoms with Crippen LogP contribution in [0.25, 0.3) is 0 Å². The van der Waals surface area contributed by atoms with Gasteiger partial charge in [-0.2, -0.15) is 5.10 Å². The molecule has 1 aromatic heterocycles. The summed E-state index contributed by atoms with van der Waals surface area (Å²) in [6.07, 6.45) is 4.94. The third-order valence-electron chi connectivity index (χ3n) is 4.83. The van der Waals surface area contributed by atoms with Crippen LogP contribution in [0.2, 0.25) is 0 Å². The summed E-state index contributed by atoms with van der Waals surface area (Å²) < 4.78 is 1.97. The standard InChI is InChI=1S/C20H30N6.HI/c1-16-5-7-19(8-6-16)25-12-9-18(15-25)24-20(21-3)22-13-17(2)14-26-11-4-10-23-26;/h4-8,10-11,17-18H,9,12-15H2,1-3H3,(H2,21,22,24);1H. The summed E-state index contributed by atoms with van der Waals surface area (Å²) in [5, 5.41) is 11.3. The minimum absolute atomic E-state index is 0. The van der Waals surface area contributed by atoms with Gasteiger partial charge >= 0.3 is 0 Å². The van der Waals surface area contributed by atoms with Gasteiger partial charge in [-0.15, -0.1) is 24.0 Å². The van der Waals surface area contributed by atoms with E-state index in [2.05, 4.69) is 63.7 Å². The number of nitrogens with one attached hydrogen (secondary N) is 2. The van der Waals surface area contributed by atoms with Crippen LogP contribution in [-0.2, 0) is 6.54 Å². The number of hydrogen-bond acceptors (Lipinski definition) is 3. The van der Waals surface area contributed by atoms with E-state index in [9.17, 15) is 0 Å². The zero-order valence-corrected chi connectivity index (χ0v) is 18.8. The average molecular weight is 482 g/mol. The molecule has 1 aliphatic rings. The second-order valence-electron chi connectivity index (χ2n) is 7.20. The van der Waals surface area contributed by atoms with Crippen LogP contribution in [0.5, 0.6) is 0 Å². The van der Waals surface area contributed by atoms with Crippen molar-refractivity contribution in [3.05, 3.63) is 48.3 Å². The Labute approximate surface area is 179 Å². The molecule has 2 N–H and O–H groups in total. The van der Waals surface area contributed by atoms with Gasteiger partial charge in [0.1, 0.15) is 0 Å². The summed E-state index contributed by atoms with van der Waals surface area (Å²) >= 11 is 0. The van der Waals surface area contributed by atoms with E-state index in [0.29, 0.717) is 12.0 Å². The molecule has 148 valence electrons. The molecule has 2 atom stereocenters. The number of nitrogens with zero attached hydrogens (tertiary/aromatic N) is 4. The SMILES string of the molecule is CN=C(NCC(C)Cn1cccn1)NC1CCN(c2ccc(C)cc2)C1.I. The van der Waals surface area contributed by atoms with E-state index in [-0.39, 0.29) is 24.0 Å². The van der Waals surface area contributed by atoms with E-state index in [0.717, 1.165) is 38.6 Å². The molecular formula is C20H31IN6. The minimum Gasteiger partial charge on any atom is -0.369 e. The molecule has 2 heterocycles. The summed E-state index contributed by atoms with van der Waals surface area (Å²) in [6.45, 7) is 8.20. The second-order valence-corrected chi connectivity index (χ2v) is 7.20. The van der Waals surface area contributed by atoms with Crippen LogP contribution in [0, 0.1) is 12.8 Å². The van der Waals surface area contributed by atoms with Gasteiger partial charge in [-0.3, -0.25) is 9.67 Å². The number of hydrogen-bond donors (Lipinski definition) is 2. The summed E-state index contributed by atoms with van der Waals surface area (Å²) in [4.78, 5) is 6.82. The molecule has 0 saturated carbocycles. The monoisotopic (exact) mass is 482 g/mol. The van der Waals surface area contributed by atoms with E-state index in [1.165, 1.54) is 11.3 Å². The lowest BCUT2D eigenvalue weighted by Crippen LogP contribution is -2.46. The lowest BCUT2D eigenvalue weighted by atomic mass is 10.2. The molecule has 7 heteroatoms. The normalized spacial score (nSPS) is 18.1. The Kier molecular flexibility index (Phi) is 8.40. The molecule has 0 aliphatic carbocycles. The van der Waals surface area contributed by atoms with E-state index in [1.54, 1.807) is 0 Å². The Bertz CT molecular complexity index is 698. The summed E-state index contributed by atoms with van der Waals surface area (Å²) in [5.74, 6) is 1.36. The first-order chi connectivity index (χ1) is 12.6. The van der Waals surface area contributed by atoms with Crippen LogP contribution in [0.1, 0.15) is 18.9 Å². The third kappa shape index (κ3) is 6.41. The summed E-state index contributed by atoms with van der Waals surface area (Å²) in [5.41, 5.74) is 2.60. The number of rotatable bonds is 6. The fourth-order valence-corrected chi connectivity index (χ4v) is 3.32. The number of anilines is 1. The lowest BCUT2D eigenvalue weighted by molar-refractivity contribution is 0.442. The van der Waals surface area contributed by atoms with Crippen molar-refractivity contribution in [1.82, 2.24) is 20.4 Å². The number of aromatic nitrogens is 2. The maximum atomic E-state index is 4.38. The molecule has 6 nitrogen and oxygen atoms in total. The third-order valence-corrected chi connectivity index (χ3v) is 4.83. The second kappa shape index (κ2) is 10.5. The highest BCUT2D eigenvalue weighted by Crippen LogP contribution is 2.20. The number of guanidine groups is 1. The van der Waals surface area contributed by atoms with E-state index < -0.39 is 0 Å². The summed E-state index contributed by atoms with van der Waals surface area (Å²) in [7, 11) is 1.83. The highest BCUT2D eigenvalue weighted by atomic mass is 127. The van der Waals surface area contributed by atoms with Crippen molar-refractivity contribution in [3.63, 3.8) is 0 Å². The van der Waals surface area contributed by atoms with Crippen molar-refractivity contribution in [1.29, 1.82) is 0 Å². The molecule has 1 fully saturated rings. The Morgan fingerprint density at radius 1 is 1.33 bits per heavy atom. The van der Waals surface area contributed by atoms with Crippen molar-refractivity contribution in [2.75, 3.05) is 31.6 Å². The molecular weight excluding hydrogens is 451 g/mol. The fraction of sp³-hybridized carbons (Fsp3) is 0.500. The van der Waals surface area contributed by atoms with Gasteiger partial charge in [0.15, 0.2) is 5.96 Å². The average Bonchev–Trinajstić information content (AvgIpc) is 3.31. The number of halogens is 1. The van der Waals surface area contributed by atoms with Gasteiger partial charge in [-0.05, 0) is 37.5 Å². The van der Waals surface area contributed by atoms with E-state index in [1.807, 2.05) is 30.2 Å². The molecule has 0 radical (unpaired) electrons. The van der Waals surface area contributed by atoms with Gasteiger partial charge in [0.05, 0.1) is 0 Å². The van der Waals surface area contributed by atoms with E-state index >= 15 is 0 Å². The highest BCUT2D eigenvalue weighted by Gasteiger charge is 2.23. The van der Waals surface area contributed by atoms with Gasteiger partial charge in [0.25, 0.3) is 0 Å². The Hall–Kier alpha value is -1.77. The maximum absolute atomic E-state index is 4.38. The van der Waals surface area contributed by atoms with Crippen molar-refractivity contribution in [3.8, 4) is 0 Å². The first-order valence-corrected chi connectivity index (χ1v) is 9.40. The van der Waals surface area contributed by atoms with E-state index in [4.69, 9.17) is 0 Å². The number of aliphatic imine (C=N–C) groups is 1. The quantitative estimate of drug-likeness (QED) is 0.378. The van der Waals surface area contributed by atoms with Gasteiger partial charge < -0.3 is 15.5 Å². The van der Waals surface area contributed by atoms with Gasteiger partial charge in [-0.1, -0.05) is 24.6 Å². The molecule has 0 amide bonds. The van der Waals surface area contributed by atoms with Crippen LogP contribution in [0.4, 0.5) is 5.69 Å². The molecule has 0 spiro atoms. The molecule has 0 bridgehead atoms. The number of aryl methyl sites for hydroxylation is 1. The van der Waals surface area contributed by atoms with Gasteiger partial charge in [0.2, 0.25) is 0 Å². The highest BCUT2D eigenvalue weighted by molar-refractivity contribution is 14.0. The van der Waals surface area contributed by atoms with Crippen LogP contribution < -0.4 is 15.5 Å². The molecule has 3 rings (SSSR count). The van der Waals surface area contributed by atoms with Crippen LogP contribution in [0.15, 0.2) is 47.7 Å². The van der Waals surface area contributed by atoms with Gasteiger partial charge in [-0.25, -0.2) is 0 Å². The smallest absolute Gasteiger partial charge is 0.191 e. The van der Waals surface area contributed by atoms with Crippen LogP contribution in [-0.4, -0.2) is 48.5 Å². The van der Waals surface area contributed by atoms with Crippen LogP contribution in [0.3, 0.4) is 0 Å². The topological polar surface area (TPSA) is 57.5 Å². The van der Waals surface area contributed by atoms with Crippen molar-refractivity contribution < 1.29 is 0 Å². The van der Waals surface area contributed by atoms with Gasteiger partial charge in [0, 0.05) is 57.3 Å². The van der Waals surface area contributed by atoms with Crippen molar-refractivity contribution in [2.24, 2.45) is 10.9 Å². The molecule has 27 heavy (non-hydrogen) atoms. The lowest BCUT2D eigenvalue weighted by Gasteiger charge is -2.21. The molecule has 2 unspecified atom stereocenters. The zero-order chi connectivity index (χ0) is 18.4. The number of benzene rings is 1. The van der Waals surface area contributed by atoms with Crippen LogP contribution >= 0.6 is 24.0 Å². The predicted octanol–water partition coefficient (Wildman–Crippen LogP) is 2.89. The maximum Gasteiger partial charge on any atom is 0.191 e. The predicted molar refractivity (Wildman–Crippen MR) is 123 cm³/mol. The Morgan fingerprint density at radius 2 is 2.11 bits per heavy atom. The fourth-order valence-electron chi connectivity index (χ4n) is 3.32. The zero-order valence-electron chi connectivity index (χ0n) is 16.4. The largest absolute Gasteiger partial charge is 0.369 e. The summed E-state index contributed by atoms with van der Waals surface area (Å²) in [6, 6.07) is 11.2. The Morgan fingerprint density at radius 3 is 2.78 bits per heavy atom. The molecule has 1 saturated heterocycles. The molecule has 1 aromatic carbocycles. The minimum atomic E-state index is 0. The molecule has 1 aliphatic heterocycles. The van der Waals surface area contributed by atoms with Crippen molar-refractivity contribution in [2.45, 2.75) is 32.9 Å². The van der Waals surface area contributed by atoms with Crippen molar-refractivity contribution >= 4 is 35.6 Å².